The van der Waals surface area contributed by atoms with Crippen molar-refractivity contribution >= 4 is 28.6 Å². The number of esters is 1. The van der Waals surface area contributed by atoms with E-state index in [1.807, 2.05) is 40.9 Å². The van der Waals surface area contributed by atoms with E-state index in [0.717, 1.165) is 23.9 Å². The minimum Gasteiger partial charge on any atom is -0.466 e. The number of fused-ring (bicyclic) bond motifs is 3. The Hall–Kier alpha value is -3.94. The predicted molar refractivity (Wildman–Crippen MR) is 128 cm³/mol. The number of hydrogen-bond acceptors (Lipinski definition) is 5. The molecule has 3 aromatic heterocycles. The van der Waals surface area contributed by atoms with E-state index < -0.39 is 0 Å². The van der Waals surface area contributed by atoms with Gasteiger partial charge in [-0.2, -0.15) is 0 Å². The first-order valence-corrected chi connectivity index (χ1v) is 11.6. The Morgan fingerprint density at radius 3 is 2.68 bits per heavy atom. The molecule has 0 aliphatic carbocycles. The maximum Gasteiger partial charge on any atom is 0.310 e. The average Bonchev–Trinajstić information content (AvgIpc) is 3.37. The van der Waals surface area contributed by atoms with Gasteiger partial charge >= 0.3 is 5.97 Å². The summed E-state index contributed by atoms with van der Waals surface area (Å²) in [5.74, 6) is -0.602. The van der Waals surface area contributed by atoms with E-state index in [1.54, 1.807) is 40.8 Å². The summed E-state index contributed by atoms with van der Waals surface area (Å²) >= 11 is 0. The number of likely N-dealkylation sites (tertiary alicyclic amines) is 1. The lowest BCUT2D eigenvalue weighted by atomic mass is 9.97. The fraction of sp³-hybridized carbons (Fsp3) is 0.308. The van der Waals surface area contributed by atoms with Crippen molar-refractivity contribution in [3.05, 3.63) is 82.4 Å². The number of piperidine rings is 1. The van der Waals surface area contributed by atoms with Crippen molar-refractivity contribution in [1.29, 1.82) is 0 Å². The molecular weight excluding hydrogens is 432 g/mol. The quantitative estimate of drug-likeness (QED) is 0.429. The highest BCUT2D eigenvalue weighted by atomic mass is 16.5. The number of carbonyl (C=O) groups is 2. The van der Waals surface area contributed by atoms with Crippen LogP contribution in [0.2, 0.25) is 0 Å². The van der Waals surface area contributed by atoms with E-state index in [1.165, 1.54) is 0 Å². The van der Waals surface area contributed by atoms with Crippen molar-refractivity contribution in [3.63, 3.8) is 0 Å². The van der Waals surface area contributed by atoms with Crippen LogP contribution in [-0.4, -0.2) is 50.4 Å². The highest BCUT2D eigenvalue weighted by Gasteiger charge is 2.29. The molecule has 1 fully saturated rings. The molecule has 0 N–H and O–H groups in total. The summed E-state index contributed by atoms with van der Waals surface area (Å²) in [5.41, 5.74) is 3.39. The van der Waals surface area contributed by atoms with E-state index in [4.69, 9.17) is 4.74 Å². The Bertz CT molecular complexity index is 1420. The summed E-state index contributed by atoms with van der Waals surface area (Å²) < 4.78 is 8.65. The molecule has 0 radical (unpaired) electrons. The SMILES string of the molecule is CCOC(=O)[C@H]1CCCN(C(=O)c2ccc(Cn3c(=O)c4cccn4c4cccnc43)cc2)C1. The van der Waals surface area contributed by atoms with Crippen molar-refractivity contribution in [2.45, 2.75) is 26.3 Å². The normalized spacial score (nSPS) is 16.1. The summed E-state index contributed by atoms with van der Waals surface area (Å²) in [6, 6.07) is 14.7. The van der Waals surface area contributed by atoms with Crippen LogP contribution in [0.1, 0.15) is 35.7 Å². The van der Waals surface area contributed by atoms with Gasteiger partial charge in [-0.15, -0.1) is 0 Å². The van der Waals surface area contributed by atoms with E-state index in [-0.39, 0.29) is 23.4 Å². The fourth-order valence-electron chi connectivity index (χ4n) is 4.66. The monoisotopic (exact) mass is 458 g/mol. The van der Waals surface area contributed by atoms with Crippen LogP contribution in [-0.2, 0) is 16.1 Å². The number of ether oxygens (including phenoxy) is 1. The Kier molecular flexibility index (Phi) is 5.88. The molecular formula is C26H26N4O4. The molecule has 8 heteroatoms. The minimum atomic E-state index is -0.270. The largest absolute Gasteiger partial charge is 0.466 e. The zero-order valence-corrected chi connectivity index (χ0v) is 19.0. The first-order chi connectivity index (χ1) is 16.6. The number of pyridine rings is 1. The number of aromatic nitrogens is 3. The van der Waals surface area contributed by atoms with Crippen LogP contribution in [0.3, 0.4) is 0 Å². The summed E-state index contributed by atoms with van der Waals surface area (Å²) in [6.45, 7) is 3.48. The Balaban J connectivity index is 1.37. The van der Waals surface area contributed by atoms with Gasteiger partial charge in [0.1, 0.15) is 5.52 Å². The third kappa shape index (κ3) is 3.96. The van der Waals surface area contributed by atoms with Crippen LogP contribution in [0.4, 0.5) is 0 Å². The van der Waals surface area contributed by atoms with Crippen LogP contribution in [0.15, 0.2) is 65.7 Å². The molecule has 0 spiro atoms. The van der Waals surface area contributed by atoms with E-state index in [9.17, 15) is 14.4 Å². The van der Waals surface area contributed by atoms with Crippen LogP contribution in [0.5, 0.6) is 0 Å². The Labute approximate surface area is 196 Å². The van der Waals surface area contributed by atoms with E-state index in [0.29, 0.717) is 43.0 Å². The number of nitrogens with zero attached hydrogens (tertiary/aromatic N) is 4. The molecule has 1 atom stereocenters. The van der Waals surface area contributed by atoms with Gasteiger partial charge in [0, 0.05) is 31.0 Å². The topological polar surface area (TPSA) is 85.9 Å². The summed E-state index contributed by atoms with van der Waals surface area (Å²) in [5, 5.41) is 0. The molecule has 1 aliphatic rings. The van der Waals surface area contributed by atoms with Gasteiger partial charge in [0.25, 0.3) is 11.5 Å². The first-order valence-electron chi connectivity index (χ1n) is 11.6. The van der Waals surface area contributed by atoms with Gasteiger partial charge in [0.15, 0.2) is 5.65 Å². The number of benzene rings is 1. The van der Waals surface area contributed by atoms with Crippen molar-refractivity contribution in [2.24, 2.45) is 5.92 Å². The Morgan fingerprint density at radius 2 is 1.88 bits per heavy atom. The molecule has 4 aromatic rings. The van der Waals surface area contributed by atoms with E-state index in [2.05, 4.69) is 4.98 Å². The zero-order chi connectivity index (χ0) is 23.7. The molecule has 0 bridgehead atoms. The molecule has 1 aliphatic heterocycles. The van der Waals surface area contributed by atoms with Crippen molar-refractivity contribution in [1.82, 2.24) is 18.9 Å². The van der Waals surface area contributed by atoms with Crippen LogP contribution >= 0.6 is 0 Å². The van der Waals surface area contributed by atoms with Gasteiger partial charge < -0.3 is 14.0 Å². The van der Waals surface area contributed by atoms with Gasteiger partial charge in [-0.25, -0.2) is 4.98 Å². The summed E-state index contributed by atoms with van der Waals surface area (Å²) in [6.07, 6.45) is 5.05. The van der Waals surface area contributed by atoms with E-state index >= 15 is 0 Å². The van der Waals surface area contributed by atoms with Crippen LogP contribution in [0.25, 0.3) is 16.7 Å². The van der Waals surface area contributed by atoms with Gasteiger partial charge in [0.05, 0.1) is 24.6 Å². The van der Waals surface area contributed by atoms with Crippen molar-refractivity contribution < 1.29 is 14.3 Å². The van der Waals surface area contributed by atoms with Gasteiger partial charge in [-0.05, 0) is 61.7 Å². The smallest absolute Gasteiger partial charge is 0.310 e. The molecule has 174 valence electrons. The zero-order valence-electron chi connectivity index (χ0n) is 19.0. The standard InChI is InChI=1S/C26H26N4O4/c1-2-34-26(33)20-6-4-14-28(17-20)24(31)19-11-9-18(10-12-19)16-30-23-21(7-3-13-27-23)29-15-5-8-22(29)25(30)32/h3,5,7-13,15,20H,2,4,6,14,16-17H2,1H3/t20-/m0/s1. The molecule has 1 amide bonds. The fourth-order valence-corrected chi connectivity index (χ4v) is 4.66. The lowest BCUT2D eigenvalue weighted by Crippen LogP contribution is -2.42. The average molecular weight is 459 g/mol. The second-order valence-corrected chi connectivity index (χ2v) is 8.54. The molecule has 5 rings (SSSR count). The number of carbonyl (C=O) groups excluding carboxylic acids is 2. The number of hydrogen-bond donors (Lipinski definition) is 0. The van der Waals surface area contributed by atoms with Gasteiger partial charge in [-0.1, -0.05) is 12.1 Å². The molecule has 0 saturated carbocycles. The predicted octanol–water partition coefficient (Wildman–Crippen LogP) is 3.11. The van der Waals surface area contributed by atoms with Gasteiger partial charge in [0.2, 0.25) is 0 Å². The number of rotatable bonds is 5. The molecule has 1 saturated heterocycles. The van der Waals surface area contributed by atoms with Crippen LogP contribution < -0.4 is 5.56 Å². The second kappa shape index (κ2) is 9.13. The minimum absolute atomic E-state index is 0.0977. The highest BCUT2D eigenvalue weighted by Crippen LogP contribution is 2.21. The summed E-state index contributed by atoms with van der Waals surface area (Å²) in [7, 11) is 0. The lowest BCUT2D eigenvalue weighted by molar-refractivity contribution is -0.149. The molecule has 34 heavy (non-hydrogen) atoms. The molecule has 1 aromatic carbocycles. The van der Waals surface area contributed by atoms with Gasteiger partial charge in [-0.3, -0.25) is 19.0 Å². The molecule has 8 nitrogen and oxygen atoms in total. The van der Waals surface area contributed by atoms with Crippen molar-refractivity contribution in [3.8, 4) is 0 Å². The molecule has 0 unspecified atom stereocenters. The number of amides is 1. The third-order valence-corrected chi connectivity index (χ3v) is 6.36. The van der Waals surface area contributed by atoms with Crippen molar-refractivity contribution in [2.75, 3.05) is 19.7 Å². The second-order valence-electron chi connectivity index (χ2n) is 8.54. The van der Waals surface area contributed by atoms with Crippen LogP contribution in [0, 0.1) is 5.92 Å². The third-order valence-electron chi connectivity index (χ3n) is 6.36. The Morgan fingerprint density at radius 1 is 1.09 bits per heavy atom. The highest BCUT2D eigenvalue weighted by molar-refractivity contribution is 5.94. The molecule has 4 heterocycles. The maximum absolute atomic E-state index is 13.1. The maximum atomic E-state index is 13.1. The summed E-state index contributed by atoms with van der Waals surface area (Å²) in [4.78, 5) is 44.5. The lowest BCUT2D eigenvalue weighted by Gasteiger charge is -2.31. The first kappa shape index (κ1) is 21.9.